The molecule has 1 aromatic carbocycles. The molecule has 0 heterocycles. The monoisotopic (exact) mass is 284 g/mol. The molecule has 0 spiro atoms. The van der Waals surface area contributed by atoms with Crippen molar-refractivity contribution in [3.05, 3.63) is 17.7 Å². The summed E-state index contributed by atoms with van der Waals surface area (Å²) in [7, 11) is -1.14. The molecule has 0 aliphatic carbocycles. The Morgan fingerprint density at radius 3 is 2.16 bits per heavy atom. The number of carbonyl (C=O) groups is 1. The number of esters is 1. The van der Waals surface area contributed by atoms with Crippen molar-refractivity contribution in [1.82, 2.24) is 0 Å². The first-order valence-electron chi connectivity index (χ1n) is 6.13. The molecule has 0 fully saturated rings. The summed E-state index contributed by atoms with van der Waals surface area (Å²) in [4.78, 5) is 11.7. The smallest absolute Gasteiger partial charge is 0.338 e. The minimum Gasteiger partial charge on any atom is -0.504 e. The lowest BCUT2D eigenvalue weighted by Gasteiger charge is -2.15. The summed E-state index contributed by atoms with van der Waals surface area (Å²) < 4.78 is 5.05. The van der Waals surface area contributed by atoms with Crippen molar-refractivity contribution in [2.45, 2.75) is 32.1 Å². The Morgan fingerprint density at radius 2 is 1.68 bits per heavy atom. The lowest BCUT2D eigenvalue weighted by molar-refractivity contribution is 0.0503. The molecular formula is C13H20O5Si. The van der Waals surface area contributed by atoms with E-state index in [4.69, 9.17) is 9.84 Å². The van der Waals surface area contributed by atoms with Gasteiger partial charge in [-0.25, -0.2) is 4.79 Å². The Balaban J connectivity index is 2.55. The Labute approximate surface area is 113 Å². The van der Waals surface area contributed by atoms with Crippen LogP contribution in [0.2, 0.25) is 25.7 Å². The maximum Gasteiger partial charge on any atom is 0.338 e. The van der Waals surface area contributed by atoms with E-state index in [1.54, 1.807) is 0 Å². The van der Waals surface area contributed by atoms with E-state index in [1.165, 1.54) is 0 Å². The number of carbonyl (C=O) groups excluding carboxylic acids is 1. The quantitative estimate of drug-likeness (QED) is 0.335. The zero-order valence-corrected chi connectivity index (χ0v) is 12.4. The Morgan fingerprint density at radius 1 is 1.16 bits per heavy atom. The summed E-state index contributed by atoms with van der Waals surface area (Å²) in [6.07, 6.45) is 0.803. The second-order valence-electron chi connectivity index (χ2n) is 5.66. The average molecular weight is 284 g/mol. The lowest BCUT2D eigenvalue weighted by Crippen LogP contribution is -2.20. The molecule has 0 aliphatic heterocycles. The van der Waals surface area contributed by atoms with Crippen molar-refractivity contribution in [2.24, 2.45) is 0 Å². The second kappa shape index (κ2) is 5.97. The molecule has 0 unspecified atom stereocenters. The molecule has 0 bridgehead atoms. The van der Waals surface area contributed by atoms with Gasteiger partial charge < -0.3 is 20.1 Å². The third-order valence-electron chi connectivity index (χ3n) is 2.61. The first kappa shape index (κ1) is 15.4. The van der Waals surface area contributed by atoms with E-state index in [2.05, 4.69) is 19.6 Å². The van der Waals surface area contributed by atoms with Crippen LogP contribution < -0.4 is 0 Å². The van der Waals surface area contributed by atoms with Gasteiger partial charge in [0.05, 0.1) is 12.2 Å². The summed E-state index contributed by atoms with van der Waals surface area (Å²) >= 11 is 0. The Kier molecular flexibility index (Phi) is 4.82. The van der Waals surface area contributed by atoms with Crippen LogP contribution in [0.25, 0.3) is 0 Å². The van der Waals surface area contributed by atoms with Crippen LogP contribution in [0.15, 0.2) is 12.1 Å². The molecule has 0 radical (unpaired) electrons. The first-order chi connectivity index (χ1) is 8.70. The van der Waals surface area contributed by atoms with E-state index in [0.29, 0.717) is 6.61 Å². The number of rotatable bonds is 5. The van der Waals surface area contributed by atoms with Crippen LogP contribution in [0, 0.1) is 0 Å². The molecule has 1 rings (SSSR count). The number of hydrogen-bond donors (Lipinski definition) is 3. The number of hydrogen-bond acceptors (Lipinski definition) is 5. The third kappa shape index (κ3) is 4.82. The van der Waals surface area contributed by atoms with E-state index < -0.39 is 31.3 Å². The highest BCUT2D eigenvalue weighted by Crippen LogP contribution is 2.35. The molecule has 19 heavy (non-hydrogen) atoms. The summed E-state index contributed by atoms with van der Waals surface area (Å²) in [5.74, 6) is -2.36. The van der Waals surface area contributed by atoms with Crippen LogP contribution in [-0.4, -0.2) is 36.0 Å². The zero-order chi connectivity index (χ0) is 14.6. The van der Waals surface area contributed by atoms with Gasteiger partial charge in [0.25, 0.3) is 0 Å². The van der Waals surface area contributed by atoms with E-state index in [9.17, 15) is 15.0 Å². The molecule has 0 saturated carbocycles. The molecule has 6 heteroatoms. The van der Waals surface area contributed by atoms with Gasteiger partial charge in [0.2, 0.25) is 0 Å². The molecule has 0 amide bonds. The van der Waals surface area contributed by atoms with Crippen molar-refractivity contribution in [3.63, 3.8) is 0 Å². The van der Waals surface area contributed by atoms with Crippen LogP contribution in [0.1, 0.15) is 16.8 Å². The third-order valence-corrected chi connectivity index (χ3v) is 4.46. The van der Waals surface area contributed by atoms with Gasteiger partial charge in [0, 0.05) is 8.07 Å². The summed E-state index contributed by atoms with van der Waals surface area (Å²) in [5.41, 5.74) is 0.0146. The van der Waals surface area contributed by atoms with E-state index in [0.717, 1.165) is 24.6 Å². The van der Waals surface area contributed by atoms with Gasteiger partial charge in [-0.2, -0.15) is 0 Å². The van der Waals surface area contributed by atoms with Crippen LogP contribution in [0.5, 0.6) is 17.2 Å². The number of aromatic hydroxyl groups is 3. The first-order valence-corrected chi connectivity index (χ1v) is 9.83. The summed E-state index contributed by atoms with van der Waals surface area (Å²) in [5, 5.41) is 27.8. The topological polar surface area (TPSA) is 87.0 Å². The van der Waals surface area contributed by atoms with E-state index >= 15 is 0 Å². The minimum atomic E-state index is -1.14. The molecule has 0 atom stereocenters. The zero-order valence-electron chi connectivity index (χ0n) is 11.4. The van der Waals surface area contributed by atoms with Gasteiger partial charge in [-0.3, -0.25) is 0 Å². The summed E-state index contributed by atoms with van der Waals surface area (Å²) in [6.45, 7) is 7.03. The fraction of sp³-hybridized carbons (Fsp3) is 0.462. The van der Waals surface area contributed by atoms with Crippen LogP contribution >= 0.6 is 0 Å². The normalized spacial score (nSPS) is 11.3. The van der Waals surface area contributed by atoms with Crippen LogP contribution in [-0.2, 0) is 4.74 Å². The Bertz CT molecular complexity index is 442. The van der Waals surface area contributed by atoms with Crippen molar-refractivity contribution in [1.29, 1.82) is 0 Å². The lowest BCUT2D eigenvalue weighted by atomic mass is 10.2. The van der Waals surface area contributed by atoms with E-state index in [1.807, 2.05) is 0 Å². The summed E-state index contributed by atoms with van der Waals surface area (Å²) in [6, 6.07) is 3.19. The number of phenolic OH excluding ortho intramolecular Hbond substituents is 3. The standard InChI is InChI=1S/C13H20O5Si/c1-19(2,3)6-4-5-18-13(17)9-7-10(14)12(16)11(15)8-9/h7-8,14-16H,4-6H2,1-3H3. The van der Waals surface area contributed by atoms with Gasteiger partial charge in [-0.1, -0.05) is 25.7 Å². The SMILES string of the molecule is C[Si](C)(C)CCCOC(=O)c1cc(O)c(O)c(O)c1. The molecule has 0 saturated heterocycles. The highest BCUT2D eigenvalue weighted by atomic mass is 28.3. The average Bonchev–Trinajstić information content (AvgIpc) is 2.29. The van der Waals surface area contributed by atoms with Crippen molar-refractivity contribution in [2.75, 3.05) is 6.61 Å². The second-order valence-corrected chi connectivity index (χ2v) is 11.3. The van der Waals surface area contributed by atoms with Gasteiger partial charge in [0.15, 0.2) is 17.2 Å². The number of phenols is 3. The number of benzene rings is 1. The maximum absolute atomic E-state index is 11.7. The largest absolute Gasteiger partial charge is 0.504 e. The molecule has 0 aliphatic rings. The van der Waals surface area contributed by atoms with Gasteiger partial charge in [0.1, 0.15) is 0 Å². The maximum atomic E-state index is 11.7. The predicted octanol–water partition coefficient (Wildman–Crippen LogP) is 2.69. The molecule has 106 valence electrons. The Hall–Kier alpha value is -1.69. The predicted molar refractivity (Wildman–Crippen MR) is 74.5 cm³/mol. The van der Waals surface area contributed by atoms with Gasteiger partial charge in [-0.15, -0.1) is 0 Å². The molecular weight excluding hydrogens is 264 g/mol. The van der Waals surface area contributed by atoms with Crippen LogP contribution in [0.4, 0.5) is 0 Å². The van der Waals surface area contributed by atoms with Crippen molar-refractivity contribution in [3.8, 4) is 17.2 Å². The van der Waals surface area contributed by atoms with Crippen LogP contribution in [0.3, 0.4) is 0 Å². The van der Waals surface area contributed by atoms with Gasteiger partial charge in [-0.05, 0) is 18.6 Å². The molecule has 3 N–H and O–H groups in total. The van der Waals surface area contributed by atoms with Crippen molar-refractivity contribution < 1.29 is 24.9 Å². The fourth-order valence-corrected chi connectivity index (χ4v) is 2.78. The van der Waals surface area contributed by atoms with E-state index in [-0.39, 0.29) is 5.56 Å². The van der Waals surface area contributed by atoms with Crippen molar-refractivity contribution >= 4 is 14.0 Å². The van der Waals surface area contributed by atoms with Gasteiger partial charge >= 0.3 is 5.97 Å². The number of ether oxygens (including phenoxy) is 1. The molecule has 1 aromatic rings. The minimum absolute atomic E-state index is 0.0146. The highest BCUT2D eigenvalue weighted by molar-refractivity contribution is 6.76. The fourth-order valence-electron chi connectivity index (χ4n) is 1.57. The molecule has 5 nitrogen and oxygen atoms in total. The highest BCUT2D eigenvalue weighted by Gasteiger charge is 2.16. The molecule has 0 aromatic heterocycles.